The molecule has 17 heavy (non-hydrogen) atoms. The molecule has 0 aliphatic carbocycles. The number of thiazole rings is 1. The maximum atomic E-state index is 5.55. The molecule has 3 N–H and O–H groups in total. The normalized spacial score (nSPS) is 16.5. The van der Waals surface area contributed by atoms with E-state index in [2.05, 4.69) is 25.6 Å². The average molecular weight is 253 g/mol. The van der Waals surface area contributed by atoms with Crippen LogP contribution in [-0.4, -0.2) is 37.6 Å². The quantitative estimate of drug-likeness (QED) is 0.616. The lowest BCUT2D eigenvalue weighted by Gasteiger charge is -2.12. The maximum absolute atomic E-state index is 5.55. The van der Waals surface area contributed by atoms with Crippen LogP contribution in [0.25, 0.3) is 0 Å². The molecule has 0 spiro atoms. The van der Waals surface area contributed by atoms with Crippen LogP contribution in [0.4, 0.5) is 5.13 Å². The highest BCUT2D eigenvalue weighted by atomic mass is 32.1. The monoisotopic (exact) mass is 253 g/mol. The molecular formula is C11H19N5S. The molecule has 0 saturated carbocycles. The summed E-state index contributed by atoms with van der Waals surface area (Å²) < 4.78 is 0. The fraction of sp³-hybridized carbons (Fsp3) is 0.636. The molecule has 1 saturated heterocycles. The first-order valence-corrected chi connectivity index (χ1v) is 6.83. The molecule has 0 bridgehead atoms. The molecule has 5 nitrogen and oxygen atoms in total. The molecule has 94 valence electrons. The van der Waals surface area contributed by atoms with Gasteiger partial charge >= 0.3 is 0 Å². The minimum atomic E-state index is 0.486. The third-order valence-electron chi connectivity index (χ3n) is 2.84. The summed E-state index contributed by atoms with van der Waals surface area (Å²) in [6.07, 6.45) is 3.47. The summed E-state index contributed by atoms with van der Waals surface area (Å²) in [5, 5.41) is 6.33. The molecule has 1 aliphatic heterocycles. The van der Waals surface area contributed by atoms with Crippen molar-refractivity contribution in [1.82, 2.24) is 10.3 Å². The molecule has 0 radical (unpaired) electrons. The first-order valence-electron chi connectivity index (χ1n) is 5.95. The van der Waals surface area contributed by atoms with E-state index in [1.54, 1.807) is 18.4 Å². The van der Waals surface area contributed by atoms with Crippen molar-refractivity contribution >= 4 is 22.4 Å². The van der Waals surface area contributed by atoms with Crippen LogP contribution >= 0.6 is 11.3 Å². The van der Waals surface area contributed by atoms with Crippen LogP contribution < -0.4 is 16.0 Å². The van der Waals surface area contributed by atoms with Gasteiger partial charge < -0.3 is 16.0 Å². The van der Waals surface area contributed by atoms with Gasteiger partial charge in [0.1, 0.15) is 0 Å². The van der Waals surface area contributed by atoms with Crippen molar-refractivity contribution in [1.29, 1.82) is 0 Å². The van der Waals surface area contributed by atoms with Crippen LogP contribution in [0, 0.1) is 0 Å². The van der Waals surface area contributed by atoms with E-state index < -0.39 is 0 Å². The Morgan fingerprint density at radius 1 is 1.59 bits per heavy atom. The maximum Gasteiger partial charge on any atom is 0.188 e. The van der Waals surface area contributed by atoms with Gasteiger partial charge in [0.05, 0.1) is 5.69 Å². The summed E-state index contributed by atoms with van der Waals surface area (Å²) in [7, 11) is 1.68. The standard InChI is InChI=1S/C11H19N5S/c1-13-10(12)14-5-4-9-8-17-11(15-9)16-6-2-3-7-16/h8H,2-7H2,1H3,(H3,12,13,14). The van der Waals surface area contributed by atoms with Crippen LogP contribution in [0.1, 0.15) is 18.5 Å². The lowest BCUT2D eigenvalue weighted by molar-refractivity contribution is 0.835. The Hall–Kier alpha value is -1.30. The molecule has 0 unspecified atom stereocenters. The summed E-state index contributed by atoms with van der Waals surface area (Å²) in [6, 6.07) is 0. The molecule has 1 fully saturated rings. The summed E-state index contributed by atoms with van der Waals surface area (Å²) in [5.74, 6) is 0.486. The number of aliphatic imine (C=N–C) groups is 1. The van der Waals surface area contributed by atoms with Crippen LogP contribution in [0.3, 0.4) is 0 Å². The predicted molar refractivity (Wildman–Crippen MR) is 72.8 cm³/mol. The Morgan fingerprint density at radius 3 is 3.06 bits per heavy atom. The number of rotatable bonds is 4. The summed E-state index contributed by atoms with van der Waals surface area (Å²) >= 11 is 1.74. The van der Waals surface area contributed by atoms with E-state index in [1.165, 1.54) is 12.8 Å². The van der Waals surface area contributed by atoms with Gasteiger partial charge in [0.15, 0.2) is 11.1 Å². The summed E-state index contributed by atoms with van der Waals surface area (Å²) in [5.41, 5.74) is 6.69. The van der Waals surface area contributed by atoms with E-state index >= 15 is 0 Å². The Kier molecular flexibility index (Phi) is 4.19. The van der Waals surface area contributed by atoms with Gasteiger partial charge in [0.25, 0.3) is 0 Å². The number of hydrogen-bond acceptors (Lipinski definition) is 4. The number of nitrogens with zero attached hydrogens (tertiary/aromatic N) is 3. The van der Waals surface area contributed by atoms with E-state index in [1.807, 2.05) is 0 Å². The first-order chi connectivity index (χ1) is 8.29. The minimum Gasteiger partial charge on any atom is -0.370 e. The number of guanidine groups is 1. The van der Waals surface area contributed by atoms with Crippen LogP contribution in [0.5, 0.6) is 0 Å². The van der Waals surface area contributed by atoms with Crippen molar-refractivity contribution in [3.8, 4) is 0 Å². The Morgan fingerprint density at radius 2 is 2.35 bits per heavy atom. The highest BCUT2D eigenvalue weighted by Crippen LogP contribution is 2.24. The topological polar surface area (TPSA) is 66.5 Å². The lowest BCUT2D eigenvalue weighted by atomic mass is 10.3. The zero-order valence-electron chi connectivity index (χ0n) is 10.1. The van der Waals surface area contributed by atoms with Crippen molar-refractivity contribution < 1.29 is 0 Å². The zero-order valence-corrected chi connectivity index (χ0v) is 11.0. The van der Waals surface area contributed by atoms with Crippen LogP contribution in [0.2, 0.25) is 0 Å². The molecule has 1 aliphatic rings. The van der Waals surface area contributed by atoms with Gasteiger partial charge in [-0.3, -0.25) is 4.99 Å². The van der Waals surface area contributed by atoms with E-state index in [4.69, 9.17) is 5.73 Å². The third kappa shape index (κ3) is 3.33. The number of aromatic nitrogens is 1. The van der Waals surface area contributed by atoms with Crippen LogP contribution in [0.15, 0.2) is 10.4 Å². The summed E-state index contributed by atoms with van der Waals surface area (Å²) in [4.78, 5) is 10.8. The van der Waals surface area contributed by atoms with Gasteiger partial charge in [-0.25, -0.2) is 4.98 Å². The van der Waals surface area contributed by atoms with Crippen molar-refractivity contribution in [3.05, 3.63) is 11.1 Å². The Balaban J connectivity index is 1.81. The molecule has 1 aromatic heterocycles. The third-order valence-corrected chi connectivity index (χ3v) is 3.79. The second kappa shape index (κ2) is 5.86. The molecule has 0 amide bonds. The van der Waals surface area contributed by atoms with E-state index in [9.17, 15) is 0 Å². The zero-order chi connectivity index (χ0) is 12.1. The summed E-state index contributed by atoms with van der Waals surface area (Å²) in [6.45, 7) is 3.09. The van der Waals surface area contributed by atoms with Gasteiger partial charge in [-0.15, -0.1) is 11.3 Å². The average Bonchev–Trinajstić information content (AvgIpc) is 2.98. The minimum absolute atomic E-state index is 0.486. The number of nitrogens with two attached hydrogens (primary N) is 1. The van der Waals surface area contributed by atoms with Gasteiger partial charge in [0.2, 0.25) is 0 Å². The molecule has 2 heterocycles. The second-order valence-electron chi connectivity index (χ2n) is 4.10. The van der Waals surface area contributed by atoms with E-state index in [0.29, 0.717) is 5.96 Å². The molecule has 0 aromatic carbocycles. The number of anilines is 1. The van der Waals surface area contributed by atoms with Gasteiger partial charge in [0, 0.05) is 38.5 Å². The molecule has 6 heteroatoms. The fourth-order valence-corrected chi connectivity index (χ4v) is 2.78. The largest absolute Gasteiger partial charge is 0.370 e. The SMILES string of the molecule is CN=C(N)NCCc1csc(N2CCCC2)n1. The van der Waals surface area contributed by atoms with Gasteiger partial charge in [-0.2, -0.15) is 0 Å². The van der Waals surface area contributed by atoms with Crippen molar-refractivity contribution in [2.45, 2.75) is 19.3 Å². The lowest BCUT2D eigenvalue weighted by Crippen LogP contribution is -2.32. The van der Waals surface area contributed by atoms with Crippen molar-refractivity contribution in [3.63, 3.8) is 0 Å². The van der Waals surface area contributed by atoms with Crippen LogP contribution in [-0.2, 0) is 6.42 Å². The molecule has 0 atom stereocenters. The second-order valence-corrected chi connectivity index (χ2v) is 4.94. The number of hydrogen-bond donors (Lipinski definition) is 2. The van der Waals surface area contributed by atoms with E-state index in [0.717, 1.165) is 36.9 Å². The van der Waals surface area contributed by atoms with Crippen molar-refractivity contribution in [2.24, 2.45) is 10.7 Å². The van der Waals surface area contributed by atoms with Gasteiger partial charge in [-0.05, 0) is 12.8 Å². The highest BCUT2D eigenvalue weighted by Gasteiger charge is 2.15. The fourth-order valence-electron chi connectivity index (χ4n) is 1.86. The predicted octanol–water partition coefficient (Wildman–Crippen LogP) is 0.820. The number of nitrogens with one attached hydrogen (secondary N) is 1. The molecule has 1 aromatic rings. The molecular weight excluding hydrogens is 234 g/mol. The van der Waals surface area contributed by atoms with E-state index in [-0.39, 0.29) is 0 Å². The first kappa shape index (κ1) is 12.2. The molecule has 2 rings (SSSR count). The Bertz CT molecular complexity index is 381. The van der Waals surface area contributed by atoms with Crippen molar-refractivity contribution in [2.75, 3.05) is 31.6 Å². The Labute approximate surface area is 106 Å². The van der Waals surface area contributed by atoms with Gasteiger partial charge in [-0.1, -0.05) is 0 Å². The smallest absolute Gasteiger partial charge is 0.188 e. The highest BCUT2D eigenvalue weighted by molar-refractivity contribution is 7.13.